The van der Waals surface area contributed by atoms with Gasteiger partial charge in [-0.25, -0.2) is 14.6 Å². The minimum atomic E-state index is -1.09. The van der Waals surface area contributed by atoms with E-state index in [-0.39, 0.29) is 5.41 Å². The molecule has 0 radical (unpaired) electrons. The summed E-state index contributed by atoms with van der Waals surface area (Å²) in [5, 5.41) is 3.27. The number of esters is 2. The molecular weight excluding hydrogens is 526 g/mol. The molecule has 2 N–H and O–H groups in total. The Labute approximate surface area is 237 Å². The summed E-state index contributed by atoms with van der Waals surface area (Å²) in [4.78, 5) is 47.6. The number of amides is 1. The third-order valence-corrected chi connectivity index (χ3v) is 8.70. The highest BCUT2D eigenvalue weighted by Crippen LogP contribution is 2.44. The van der Waals surface area contributed by atoms with E-state index in [0.717, 1.165) is 35.3 Å². The van der Waals surface area contributed by atoms with Crippen LogP contribution in [0.15, 0.2) is 48.5 Å². The van der Waals surface area contributed by atoms with E-state index in [4.69, 9.17) is 9.47 Å². The number of H-pyrrole nitrogens is 1. The van der Waals surface area contributed by atoms with Crippen molar-refractivity contribution in [1.82, 2.24) is 9.97 Å². The average Bonchev–Trinajstić information content (AvgIpc) is 3.52. The lowest BCUT2D eigenvalue weighted by molar-refractivity contribution is -0.123. The Hall–Kier alpha value is -3.98. The molecule has 40 heavy (non-hydrogen) atoms. The number of fused-ring (bicyclic) bond motifs is 2. The summed E-state index contributed by atoms with van der Waals surface area (Å²) in [5.41, 5.74) is 4.12. The van der Waals surface area contributed by atoms with E-state index in [1.54, 1.807) is 18.2 Å². The van der Waals surface area contributed by atoms with E-state index in [1.807, 2.05) is 30.3 Å². The molecular formula is C31H33N3O5S. The minimum absolute atomic E-state index is 0.140. The Morgan fingerprint density at radius 1 is 1.10 bits per heavy atom. The number of rotatable bonds is 6. The van der Waals surface area contributed by atoms with Crippen molar-refractivity contribution in [1.29, 1.82) is 0 Å². The maximum Gasteiger partial charge on any atom is 0.341 e. The molecule has 2 atom stereocenters. The molecule has 2 aromatic heterocycles. The lowest BCUT2D eigenvalue weighted by atomic mass is 9.72. The molecule has 1 amide bonds. The molecule has 0 saturated heterocycles. The summed E-state index contributed by atoms with van der Waals surface area (Å²) in [5.74, 6) is -0.453. The number of aromatic amines is 1. The Bertz CT molecular complexity index is 1580. The van der Waals surface area contributed by atoms with E-state index in [9.17, 15) is 14.4 Å². The summed E-state index contributed by atoms with van der Waals surface area (Å²) in [6, 6.07) is 14.7. The molecule has 4 aromatic rings. The van der Waals surface area contributed by atoms with Gasteiger partial charge in [-0.2, -0.15) is 0 Å². The van der Waals surface area contributed by atoms with Crippen molar-refractivity contribution in [2.45, 2.75) is 53.1 Å². The first-order chi connectivity index (χ1) is 19.0. The molecule has 8 nitrogen and oxygen atoms in total. The minimum Gasteiger partial charge on any atom is -0.465 e. The average molecular weight is 560 g/mol. The van der Waals surface area contributed by atoms with Crippen LogP contribution in [-0.4, -0.2) is 41.0 Å². The third kappa shape index (κ3) is 5.51. The van der Waals surface area contributed by atoms with E-state index >= 15 is 0 Å². The molecule has 208 valence electrons. The highest BCUT2D eigenvalue weighted by Gasteiger charge is 2.35. The van der Waals surface area contributed by atoms with E-state index < -0.39 is 23.9 Å². The highest BCUT2D eigenvalue weighted by molar-refractivity contribution is 7.17. The van der Waals surface area contributed by atoms with E-state index in [0.29, 0.717) is 38.9 Å². The second-order valence-corrected chi connectivity index (χ2v) is 12.3. The van der Waals surface area contributed by atoms with Crippen LogP contribution in [-0.2, 0) is 27.1 Å². The number of thiophene rings is 1. The van der Waals surface area contributed by atoms with Crippen molar-refractivity contribution in [2.75, 3.05) is 12.4 Å². The molecule has 0 spiro atoms. The van der Waals surface area contributed by atoms with Crippen LogP contribution < -0.4 is 5.32 Å². The molecule has 9 heteroatoms. The topological polar surface area (TPSA) is 110 Å². The molecule has 1 aliphatic rings. The number of anilines is 1. The molecule has 2 heterocycles. The zero-order valence-electron chi connectivity index (χ0n) is 23.3. The summed E-state index contributed by atoms with van der Waals surface area (Å²) in [7, 11) is 1.34. The first kappa shape index (κ1) is 27.6. The number of aromatic nitrogens is 2. The number of methoxy groups -OCH3 is 1. The van der Waals surface area contributed by atoms with Gasteiger partial charge in [0.2, 0.25) is 0 Å². The Morgan fingerprint density at radius 3 is 2.55 bits per heavy atom. The largest absolute Gasteiger partial charge is 0.465 e. The van der Waals surface area contributed by atoms with Gasteiger partial charge in [0.05, 0.1) is 29.3 Å². The maximum absolute atomic E-state index is 13.1. The molecule has 5 rings (SSSR count). The van der Waals surface area contributed by atoms with Crippen molar-refractivity contribution >= 4 is 45.2 Å². The van der Waals surface area contributed by atoms with Gasteiger partial charge >= 0.3 is 11.9 Å². The lowest BCUT2D eigenvalue weighted by Crippen LogP contribution is -2.30. The Kier molecular flexibility index (Phi) is 7.51. The van der Waals surface area contributed by atoms with Crippen LogP contribution in [0, 0.1) is 11.3 Å². The van der Waals surface area contributed by atoms with Crippen LogP contribution in [0.2, 0.25) is 0 Å². The SMILES string of the molecule is COC(=O)c1c(NC(=O)C(C)OC(=O)c2ccc3nc(-c4ccccc4)[nH]c3c2)sc2c1CCC(C(C)(C)C)C2. The van der Waals surface area contributed by atoms with Crippen LogP contribution in [0.3, 0.4) is 0 Å². The number of imidazole rings is 1. The standard InChI is InChI=1S/C31H33N3O5S/c1-17(39-29(36)19-11-14-22-23(15-19)33-26(32-22)18-9-7-6-8-10-18)27(35)34-28-25(30(37)38-5)21-13-12-20(31(2,3)4)16-24(21)40-28/h6-11,14-15,17,20H,12-13,16H2,1-5H3,(H,32,33)(H,34,35). The van der Waals surface area contributed by atoms with Crippen molar-refractivity contribution in [3.8, 4) is 11.4 Å². The monoisotopic (exact) mass is 559 g/mol. The number of carbonyl (C=O) groups is 3. The van der Waals surface area contributed by atoms with Crippen LogP contribution in [0.25, 0.3) is 22.4 Å². The zero-order valence-corrected chi connectivity index (χ0v) is 24.1. The fraction of sp³-hybridized carbons (Fsp3) is 0.355. The van der Waals surface area contributed by atoms with Crippen LogP contribution in [0.5, 0.6) is 0 Å². The van der Waals surface area contributed by atoms with Gasteiger partial charge in [0.15, 0.2) is 6.10 Å². The first-order valence-electron chi connectivity index (χ1n) is 13.3. The Morgan fingerprint density at radius 2 is 1.85 bits per heavy atom. The first-order valence-corrected chi connectivity index (χ1v) is 14.2. The number of carbonyl (C=O) groups excluding carboxylic acids is 3. The van der Waals surface area contributed by atoms with Gasteiger partial charge in [-0.1, -0.05) is 51.1 Å². The lowest BCUT2D eigenvalue weighted by Gasteiger charge is -2.33. The van der Waals surface area contributed by atoms with Gasteiger partial charge < -0.3 is 19.8 Å². The van der Waals surface area contributed by atoms with Gasteiger partial charge in [-0.05, 0) is 61.3 Å². The highest BCUT2D eigenvalue weighted by atomic mass is 32.1. The number of hydrogen-bond donors (Lipinski definition) is 2. The predicted molar refractivity (Wildman–Crippen MR) is 156 cm³/mol. The summed E-state index contributed by atoms with van der Waals surface area (Å²) in [6.07, 6.45) is 1.47. The van der Waals surface area contributed by atoms with Crippen molar-refractivity contribution in [2.24, 2.45) is 11.3 Å². The van der Waals surface area contributed by atoms with Gasteiger partial charge in [0, 0.05) is 10.4 Å². The molecule has 0 aliphatic heterocycles. The van der Waals surface area contributed by atoms with Crippen LogP contribution in [0.4, 0.5) is 5.00 Å². The van der Waals surface area contributed by atoms with Crippen LogP contribution in [0.1, 0.15) is 65.3 Å². The zero-order chi connectivity index (χ0) is 28.6. The Balaban J connectivity index is 1.30. The quantitative estimate of drug-likeness (QED) is 0.264. The fourth-order valence-electron chi connectivity index (χ4n) is 5.10. The fourth-order valence-corrected chi connectivity index (χ4v) is 6.41. The molecule has 0 saturated carbocycles. The smallest absolute Gasteiger partial charge is 0.341 e. The van der Waals surface area contributed by atoms with Gasteiger partial charge in [-0.15, -0.1) is 11.3 Å². The van der Waals surface area contributed by atoms with Gasteiger partial charge in [-0.3, -0.25) is 4.79 Å². The molecule has 0 fully saturated rings. The number of nitrogens with one attached hydrogen (secondary N) is 2. The second-order valence-electron chi connectivity index (χ2n) is 11.2. The van der Waals surface area contributed by atoms with E-state index in [1.165, 1.54) is 25.4 Å². The van der Waals surface area contributed by atoms with Gasteiger partial charge in [0.25, 0.3) is 5.91 Å². The third-order valence-electron chi connectivity index (χ3n) is 7.53. The van der Waals surface area contributed by atoms with Crippen molar-refractivity contribution < 1.29 is 23.9 Å². The van der Waals surface area contributed by atoms with Crippen LogP contribution >= 0.6 is 11.3 Å². The predicted octanol–water partition coefficient (Wildman–Crippen LogP) is 6.41. The number of benzene rings is 2. The van der Waals surface area contributed by atoms with E-state index in [2.05, 4.69) is 36.1 Å². The molecule has 2 aromatic carbocycles. The summed E-state index contributed by atoms with van der Waals surface area (Å²) >= 11 is 1.40. The van der Waals surface area contributed by atoms with Gasteiger partial charge in [0.1, 0.15) is 10.8 Å². The second kappa shape index (κ2) is 10.9. The molecule has 2 unspecified atom stereocenters. The summed E-state index contributed by atoms with van der Waals surface area (Å²) < 4.78 is 10.6. The normalized spacial score (nSPS) is 15.8. The number of nitrogens with zero attached hydrogens (tertiary/aromatic N) is 1. The molecule has 0 bridgehead atoms. The van der Waals surface area contributed by atoms with Crippen molar-refractivity contribution in [3.05, 3.63) is 70.1 Å². The summed E-state index contributed by atoms with van der Waals surface area (Å²) in [6.45, 7) is 8.18. The van der Waals surface area contributed by atoms with Crippen molar-refractivity contribution in [3.63, 3.8) is 0 Å². The molecule has 1 aliphatic carbocycles. The number of hydrogen-bond acceptors (Lipinski definition) is 7. The number of ether oxygens (including phenoxy) is 2. The maximum atomic E-state index is 13.1.